The second kappa shape index (κ2) is 12.7. The summed E-state index contributed by atoms with van der Waals surface area (Å²) < 4.78 is 5.51. The SMILES string of the molecule is O=C(CCCCCCNC(=O)OCC1c2ccccc2-c2ccccc21)N[C@H](CCO)C(=O)O. The molecule has 0 aliphatic heterocycles. The minimum Gasteiger partial charge on any atom is -0.480 e. The highest BCUT2D eigenvalue weighted by molar-refractivity contribution is 5.83. The Morgan fingerprint density at radius 3 is 2.15 bits per heavy atom. The van der Waals surface area contributed by atoms with Gasteiger partial charge in [-0.15, -0.1) is 0 Å². The number of carboxylic acid groups (broad SMARTS) is 1. The molecule has 2 amide bonds. The number of unbranched alkanes of at least 4 members (excludes halogenated alkanes) is 3. The lowest BCUT2D eigenvalue weighted by Gasteiger charge is -2.14. The maximum atomic E-state index is 12.2. The normalized spacial score (nSPS) is 13.0. The fraction of sp³-hybridized carbons (Fsp3) is 0.423. The van der Waals surface area contributed by atoms with E-state index in [2.05, 4.69) is 34.9 Å². The van der Waals surface area contributed by atoms with Gasteiger partial charge in [0.25, 0.3) is 0 Å². The van der Waals surface area contributed by atoms with E-state index >= 15 is 0 Å². The van der Waals surface area contributed by atoms with Crippen molar-refractivity contribution >= 4 is 18.0 Å². The molecule has 3 rings (SSSR count). The first-order valence-electron chi connectivity index (χ1n) is 11.7. The summed E-state index contributed by atoms with van der Waals surface area (Å²) in [5, 5.41) is 23.0. The van der Waals surface area contributed by atoms with Crippen molar-refractivity contribution in [1.29, 1.82) is 0 Å². The lowest BCUT2D eigenvalue weighted by Crippen LogP contribution is -2.41. The summed E-state index contributed by atoms with van der Waals surface area (Å²) in [4.78, 5) is 35.0. The Morgan fingerprint density at radius 2 is 1.53 bits per heavy atom. The second-order valence-electron chi connectivity index (χ2n) is 8.39. The number of aliphatic hydroxyl groups excluding tert-OH is 1. The molecular weight excluding hydrogens is 436 g/mol. The number of carbonyl (C=O) groups excluding carboxylic acids is 2. The molecule has 1 aliphatic rings. The maximum Gasteiger partial charge on any atom is 0.407 e. The third kappa shape index (κ3) is 6.81. The molecule has 0 radical (unpaired) electrons. The van der Waals surface area contributed by atoms with E-state index in [9.17, 15) is 14.4 Å². The summed E-state index contributed by atoms with van der Waals surface area (Å²) >= 11 is 0. The largest absolute Gasteiger partial charge is 0.480 e. The summed E-state index contributed by atoms with van der Waals surface area (Å²) in [6.07, 6.45) is 2.78. The van der Waals surface area contributed by atoms with Crippen LogP contribution >= 0.6 is 0 Å². The van der Waals surface area contributed by atoms with Crippen LogP contribution in [-0.4, -0.2) is 54.0 Å². The van der Waals surface area contributed by atoms with Crippen LogP contribution in [0.15, 0.2) is 48.5 Å². The number of amides is 2. The first-order chi connectivity index (χ1) is 16.5. The molecule has 0 heterocycles. The van der Waals surface area contributed by atoms with Gasteiger partial charge in [-0.3, -0.25) is 4.79 Å². The average molecular weight is 469 g/mol. The Morgan fingerprint density at radius 1 is 0.912 bits per heavy atom. The first kappa shape index (κ1) is 25.2. The fourth-order valence-electron chi connectivity index (χ4n) is 4.26. The van der Waals surface area contributed by atoms with Crippen molar-refractivity contribution in [2.75, 3.05) is 19.8 Å². The number of aliphatic carboxylic acids is 1. The van der Waals surface area contributed by atoms with Gasteiger partial charge < -0.3 is 25.6 Å². The molecule has 0 unspecified atom stereocenters. The number of ether oxygens (including phenoxy) is 1. The van der Waals surface area contributed by atoms with E-state index in [1.807, 2.05) is 24.3 Å². The predicted molar refractivity (Wildman–Crippen MR) is 127 cm³/mol. The minimum absolute atomic E-state index is 0.0113. The van der Waals surface area contributed by atoms with Gasteiger partial charge in [-0.2, -0.15) is 0 Å². The molecule has 34 heavy (non-hydrogen) atoms. The zero-order valence-electron chi connectivity index (χ0n) is 19.2. The topological polar surface area (TPSA) is 125 Å². The van der Waals surface area contributed by atoms with Crippen LogP contribution in [-0.2, 0) is 14.3 Å². The number of hydrogen-bond acceptors (Lipinski definition) is 5. The Labute approximate surface area is 199 Å². The quantitative estimate of drug-likeness (QED) is 0.334. The van der Waals surface area contributed by atoms with Crippen LogP contribution in [0.3, 0.4) is 0 Å². The molecule has 0 spiro atoms. The summed E-state index contributed by atoms with van der Waals surface area (Å²) in [6.45, 7) is 0.469. The Bertz CT molecular complexity index is 947. The number of alkyl carbamates (subject to hydrolysis) is 1. The molecule has 0 saturated heterocycles. The Kier molecular flexibility index (Phi) is 9.46. The van der Waals surface area contributed by atoms with Crippen molar-refractivity contribution in [2.24, 2.45) is 0 Å². The summed E-state index contributed by atoms with van der Waals surface area (Å²) in [6, 6.07) is 15.3. The molecule has 2 aromatic rings. The molecule has 8 heteroatoms. The van der Waals surface area contributed by atoms with E-state index in [1.54, 1.807) is 0 Å². The number of carbonyl (C=O) groups is 3. The molecular formula is C26H32N2O6. The van der Waals surface area contributed by atoms with Crippen LogP contribution in [0.5, 0.6) is 0 Å². The van der Waals surface area contributed by atoms with E-state index in [4.69, 9.17) is 14.9 Å². The van der Waals surface area contributed by atoms with Gasteiger partial charge in [0.15, 0.2) is 0 Å². The lowest BCUT2D eigenvalue weighted by atomic mass is 9.98. The molecule has 1 atom stereocenters. The highest BCUT2D eigenvalue weighted by Gasteiger charge is 2.28. The van der Waals surface area contributed by atoms with Crippen LogP contribution in [0.25, 0.3) is 11.1 Å². The molecule has 0 fully saturated rings. The van der Waals surface area contributed by atoms with Crippen molar-refractivity contribution in [3.05, 3.63) is 59.7 Å². The van der Waals surface area contributed by atoms with Crippen LogP contribution < -0.4 is 10.6 Å². The third-order valence-corrected chi connectivity index (χ3v) is 5.99. The third-order valence-electron chi connectivity index (χ3n) is 5.99. The van der Waals surface area contributed by atoms with Gasteiger partial charge in [-0.1, -0.05) is 61.4 Å². The molecule has 182 valence electrons. The zero-order valence-corrected chi connectivity index (χ0v) is 19.2. The molecule has 0 saturated carbocycles. The van der Waals surface area contributed by atoms with Crippen molar-refractivity contribution in [3.8, 4) is 11.1 Å². The first-order valence-corrected chi connectivity index (χ1v) is 11.7. The number of benzene rings is 2. The average Bonchev–Trinajstić information content (AvgIpc) is 3.15. The smallest absolute Gasteiger partial charge is 0.407 e. The number of hydrogen-bond donors (Lipinski definition) is 4. The highest BCUT2D eigenvalue weighted by Crippen LogP contribution is 2.44. The van der Waals surface area contributed by atoms with Gasteiger partial charge >= 0.3 is 12.1 Å². The molecule has 1 aliphatic carbocycles. The standard InChI is InChI=1S/C26H32N2O6/c29-16-14-23(25(31)32)28-24(30)13-3-1-2-8-15-27-26(33)34-17-22-20-11-6-4-9-18(20)19-10-5-7-12-21(19)22/h4-7,9-12,22-23,29H,1-3,8,13-17H2,(H,27,33)(H,28,30)(H,31,32)/t23-/m1/s1. The number of aliphatic hydroxyl groups is 1. The molecule has 0 aromatic heterocycles. The lowest BCUT2D eigenvalue weighted by molar-refractivity contribution is -0.142. The summed E-state index contributed by atoms with van der Waals surface area (Å²) in [5.74, 6) is -1.46. The Hall–Kier alpha value is -3.39. The van der Waals surface area contributed by atoms with Gasteiger partial charge in [0.05, 0.1) is 0 Å². The van der Waals surface area contributed by atoms with Crippen LogP contribution in [0.4, 0.5) is 4.79 Å². The van der Waals surface area contributed by atoms with E-state index in [0.29, 0.717) is 13.0 Å². The summed E-state index contributed by atoms with van der Waals surface area (Å²) in [7, 11) is 0. The van der Waals surface area contributed by atoms with Crippen LogP contribution in [0.2, 0.25) is 0 Å². The van der Waals surface area contributed by atoms with Crippen molar-refractivity contribution < 1.29 is 29.3 Å². The van der Waals surface area contributed by atoms with Gasteiger partial charge in [0.2, 0.25) is 5.91 Å². The van der Waals surface area contributed by atoms with Crippen molar-refractivity contribution in [1.82, 2.24) is 10.6 Å². The van der Waals surface area contributed by atoms with Gasteiger partial charge in [0, 0.05) is 31.9 Å². The van der Waals surface area contributed by atoms with Crippen molar-refractivity contribution in [2.45, 2.75) is 50.5 Å². The maximum absolute atomic E-state index is 12.2. The Balaban J connectivity index is 1.30. The monoisotopic (exact) mass is 468 g/mol. The van der Waals surface area contributed by atoms with E-state index in [1.165, 1.54) is 22.3 Å². The molecule has 8 nitrogen and oxygen atoms in total. The van der Waals surface area contributed by atoms with Crippen molar-refractivity contribution in [3.63, 3.8) is 0 Å². The fourth-order valence-corrected chi connectivity index (χ4v) is 4.26. The van der Waals surface area contributed by atoms with Crippen LogP contribution in [0, 0.1) is 0 Å². The molecule has 0 bridgehead atoms. The number of nitrogens with one attached hydrogen (secondary N) is 2. The van der Waals surface area contributed by atoms with Crippen LogP contribution in [0.1, 0.15) is 55.6 Å². The second-order valence-corrected chi connectivity index (χ2v) is 8.39. The number of rotatable bonds is 13. The number of carboxylic acids is 1. The molecule has 2 aromatic carbocycles. The van der Waals surface area contributed by atoms with E-state index in [-0.39, 0.29) is 37.9 Å². The predicted octanol–water partition coefficient (Wildman–Crippen LogP) is 3.43. The highest BCUT2D eigenvalue weighted by atomic mass is 16.5. The molecule has 4 N–H and O–H groups in total. The van der Waals surface area contributed by atoms with E-state index in [0.717, 1.165) is 19.3 Å². The van der Waals surface area contributed by atoms with Gasteiger partial charge in [0.1, 0.15) is 12.6 Å². The van der Waals surface area contributed by atoms with Gasteiger partial charge in [-0.05, 0) is 35.1 Å². The number of fused-ring (bicyclic) bond motifs is 3. The summed E-state index contributed by atoms with van der Waals surface area (Å²) in [5.41, 5.74) is 4.72. The van der Waals surface area contributed by atoms with E-state index < -0.39 is 18.1 Å². The minimum atomic E-state index is -1.15. The zero-order chi connectivity index (χ0) is 24.3. The van der Waals surface area contributed by atoms with Gasteiger partial charge in [-0.25, -0.2) is 9.59 Å².